The highest BCUT2D eigenvalue weighted by molar-refractivity contribution is 5.79. The average molecular weight is 329 g/mol. The topological polar surface area (TPSA) is 45.7 Å². The van der Waals surface area contributed by atoms with E-state index >= 15 is 0 Å². The quantitative estimate of drug-likeness (QED) is 0.466. The number of aryl methyl sites for hydroxylation is 1. The number of nitrogens with zero attached hydrogens (tertiary/aromatic N) is 1. The fraction of sp³-hybridized carbons (Fsp3) is 0.316. The Bertz CT molecular complexity index is 659. The van der Waals surface area contributed by atoms with Crippen molar-refractivity contribution >= 4 is 5.96 Å². The summed E-state index contributed by atoms with van der Waals surface area (Å²) in [6.07, 6.45) is 0. The lowest BCUT2D eigenvalue weighted by Crippen LogP contribution is -2.38. The summed E-state index contributed by atoms with van der Waals surface area (Å²) in [4.78, 5) is 4.14. The first-order valence-electron chi connectivity index (χ1n) is 8.00. The predicted octanol–water partition coefficient (Wildman–Crippen LogP) is 3.02. The highest BCUT2D eigenvalue weighted by Gasteiger charge is 2.01. The number of hydrogen-bond acceptors (Lipinski definition) is 2. The van der Waals surface area contributed by atoms with Crippen molar-refractivity contribution in [3.63, 3.8) is 0 Å². The normalized spacial score (nSPS) is 11.4. The first-order chi connectivity index (χ1) is 11.7. The lowest BCUT2D eigenvalue weighted by Gasteiger charge is -2.12. The molecule has 0 aromatic heterocycles. The van der Waals surface area contributed by atoms with Gasteiger partial charge in [-0.2, -0.15) is 0 Å². The minimum atomic E-state index is -0.188. The Balaban J connectivity index is 1.66. The molecule has 0 atom stereocenters. The molecule has 0 fully saturated rings. The van der Waals surface area contributed by atoms with Crippen LogP contribution in [0.1, 0.15) is 16.7 Å². The second-order valence-electron chi connectivity index (χ2n) is 5.47. The summed E-state index contributed by atoms with van der Waals surface area (Å²) >= 11 is 0. The summed E-state index contributed by atoms with van der Waals surface area (Å²) in [7, 11) is 1.70. The third kappa shape index (κ3) is 6.01. The fourth-order valence-corrected chi connectivity index (χ4v) is 2.16. The molecular weight excluding hydrogens is 305 g/mol. The smallest absolute Gasteiger partial charge is 0.191 e. The molecule has 128 valence electrons. The van der Waals surface area contributed by atoms with Gasteiger partial charge in [0.1, 0.15) is 5.82 Å². The second kappa shape index (κ2) is 9.67. The van der Waals surface area contributed by atoms with Gasteiger partial charge in [-0.1, -0.05) is 42.5 Å². The molecule has 0 aliphatic carbocycles. The minimum absolute atomic E-state index is 0.188. The van der Waals surface area contributed by atoms with Gasteiger partial charge in [0.05, 0.1) is 13.2 Å². The highest BCUT2D eigenvalue weighted by atomic mass is 19.1. The van der Waals surface area contributed by atoms with Gasteiger partial charge in [-0.05, 0) is 29.7 Å². The van der Waals surface area contributed by atoms with Crippen LogP contribution in [0.3, 0.4) is 0 Å². The summed E-state index contributed by atoms with van der Waals surface area (Å²) in [5.74, 6) is 0.478. The molecule has 0 unspecified atom stereocenters. The van der Waals surface area contributed by atoms with E-state index in [9.17, 15) is 4.39 Å². The summed E-state index contributed by atoms with van der Waals surface area (Å²) in [5.41, 5.74) is 2.68. The standard InChI is InChI=1S/C19H24FN3O/c1-15-8-9-17(12-18(15)20)13-23-19(21-2)22-10-11-24-14-16-6-4-3-5-7-16/h3-9,12H,10-11,13-14H2,1-2H3,(H2,21,22,23). The van der Waals surface area contributed by atoms with Gasteiger partial charge in [0.15, 0.2) is 5.96 Å². The molecule has 0 saturated heterocycles. The number of halogens is 1. The zero-order valence-corrected chi connectivity index (χ0v) is 14.2. The summed E-state index contributed by atoms with van der Waals surface area (Å²) in [5, 5.41) is 6.33. The van der Waals surface area contributed by atoms with E-state index < -0.39 is 0 Å². The monoisotopic (exact) mass is 329 g/mol. The molecule has 0 aliphatic rings. The molecule has 4 nitrogen and oxygen atoms in total. The predicted molar refractivity (Wildman–Crippen MR) is 95.4 cm³/mol. The van der Waals surface area contributed by atoms with Crippen LogP contribution < -0.4 is 10.6 Å². The van der Waals surface area contributed by atoms with Crippen LogP contribution in [-0.2, 0) is 17.9 Å². The first-order valence-corrected chi connectivity index (χ1v) is 8.00. The van der Waals surface area contributed by atoms with Gasteiger partial charge in [-0.25, -0.2) is 4.39 Å². The van der Waals surface area contributed by atoms with Crippen LogP contribution in [0.25, 0.3) is 0 Å². The van der Waals surface area contributed by atoms with Gasteiger partial charge in [0.2, 0.25) is 0 Å². The lowest BCUT2D eigenvalue weighted by molar-refractivity contribution is 0.125. The third-order valence-electron chi connectivity index (χ3n) is 3.57. The number of hydrogen-bond donors (Lipinski definition) is 2. The number of nitrogens with one attached hydrogen (secondary N) is 2. The maximum absolute atomic E-state index is 13.5. The van der Waals surface area contributed by atoms with E-state index in [1.54, 1.807) is 26.1 Å². The molecule has 0 aliphatic heterocycles. The van der Waals surface area contributed by atoms with Crippen LogP contribution >= 0.6 is 0 Å². The van der Waals surface area contributed by atoms with E-state index in [-0.39, 0.29) is 5.82 Å². The first kappa shape index (κ1) is 17.9. The van der Waals surface area contributed by atoms with Crippen molar-refractivity contribution in [1.29, 1.82) is 0 Å². The molecule has 2 rings (SSSR count). The molecule has 5 heteroatoms. The van der Waals surface area contributed by atoms with E-state index in [4.69, 9.17) is 4.74 Å². The van der Waals surface area contributed by atoms with E-state index in [0.29, 0.717) is 37.8 Å². The largest absolute Gasteiger partial charge is 0.375 e. The van der Waals surface area contributed by atoms with Crippen molar-refractivity contribution in [2.24, 2.45) is 4.99 Å². The van der Waals surface area contributed by atoms with Crippen LogP contribution in [0.15, 0.2) is 53.5 Å². The molecule has 2 N–H and O–H groups in total. The molecule has 2 aromatic rings. The van der Waals surface area contributed by atoms with Crippen LogP contribution in [-0.4, -0.2) is 26.2 Å². The molecule has 2 aromatic carbocycles. The zero-order valence-electron chi connectivity index (χ0n) is 14.2. The van der Waals surface area contributed by atoms with Gasteiger partial charge in [-0.3, -0.25) is 4.99 Å². The van der Waals surface area contributed by atoms with Gasteiger partial charge >= 0.3 is 0 Å². The molecule has 0 radical (unpaired) electrons. The minimum Gasteiger partial charge on any atom is -0.375 e. The average Bonchev–Trinajstić information content (AvgIpc) is 2.61. The number of ether oxygens (including phenoxy) is 1. The van der Waals surface area contributed by atoms with Crippen molar-refractivity contribution in [2.75, 3.05) is 20.2 Å². The molecule has 0 heterocycles. The molecule has 0 spiro atoms. The van der Waals surface area contributed by atoms with Crippen molar-refractivity contribution in [3.05, 3.63) is 71.0 Å². The second-order valence-corrected chi connectivity index (χ2v) is 5.47. The Hall–Kier alpha value is -2.40. The SMILES string of the molecule is CN=C(NCCOCc1ccccc1)NCc1ccc(C)c(F)c1. The summed E-state index contributed by atoms with van der Waals surface area (Å²) in [6, 6.07) is 15.3. The van der Waals surface area contributed by atoms with E-state index in [2.05, 4.69) is 15.6 Å². The summed E-state index contributed by atoms with van der Waals surface area (Å²) in [6.45, 7) is 4.09. The third-order valence-corrected chi connectivity index (χ3v) is 3.57. The van der Waals surface area contributed by atoms with Crippen LogP contribution in [0.5, 0.6) is 0 Å². The van der Waals surface area contributed by atoms with Gasteiger partial charge in [0.25, 0.3) is 0 Å². The molecule has 24 heavy (non-hydrogen) atoms. The maximum atomic E-state index is 13.5. The van der Waals surface area contributed by atoms with Crippen molar-refractivity contribution in [1.82, 2.24) is 10.6 Å². The van der Waals surface area contributed by atoms with Crippen molar-refractivity contribution in [2.45, 2.75) is 20.1 Å². The Kier molecular flexibility index (Phi) is 7.23. The highest BCUT2D eigenvalue weighted by Crippen LogP contribution is 2.08. The molecule has 0 bridgehead atoms. The lowest BCUT2D eigenvalue weighted by atomic mass is 10.1. The van der Waals surface area contributed by atoms with Crippen molar-refractivity contribution in [3.8, 4) is 0 Å². The maximum Gasteiger partial charge on any atom is 0.191 e. The number of guanidine groups is 1. The molecule has 0 amide bonds. The molecule has 0 saturated carbocycles. The summed E-state index contributed by atoms with van der Waals surface area (Å²) < 4.78 is 19.1. The van der Waals surface area contributed by atoms with Crippen LogP contribution in [0.2, 0.25) is 0 Å². The van der Waals surface area contributed by atoms with Crippen LogP contribution in [0, 0.1) is 12.7 Å². The Morgan fingerprint density at radius 3 is 2.58 bits per heavy atom. The molecular formula is C19H24FN3O. The van der Waals surface area contributed by atoms with Gasteiger partial charge in [-0.15, -0.1) is 0 Å². The van der Waals surface area contributed by atoms with Gasteiger partial charge < -0.3 is 15.4 Å². The van der Waals surface area contributed by atoms with Crippen LogP contribution in [0.4, 0.5) is 4.39 Å². The Morgan fingerprint density at radius 2 is 1.88 bits per heavy atom. The van der Waals surface area contributed by atoms with E-state index in [0.717, 1.165) is 11.1 Å². The fourth-order valence-electron chi connectivity index (χ4n) is 2.16. The van der Waals surface area contributed by atoms with E-state index in [1.165, 1.54) is 0 Å². The van der Waals surface area contributed by atoms with Gasteiger partial charge in [0, 0.05) is 20.1 Å². The number of aliphatic imine (C=N–C) groups is 1. The number of benzene rings is 2. The van der Waals surface area contributed by atoms with E-state index in [1.807, 2.05) is 36.4 Å². The zero-order chi connectivity index (χ0) is 17.2. The Morgan fingerprint density at radius 1 is 1.08 bits per heavy atom. The number of rotatable bonds is 7. The Labute approximate surface area is 142 Å². The van der Waals surface area contributed by atoms with Crippen molar-refractivity contribution < 1.29 is 9.13 Å².